The van der Waals surface area contributed by atoms with Crippen molar-refractivity contribution in [3.63, 3.8) is 0 Å². The van der Waals surface area contributed by atoms with Gasteiger partial charge in [0.15, 0.2) is 0 Å². The molecule has 2 aliphatic carbocycles. The monoisotopic (exact) mass is 825 g/mol. The van der Waals surface area contributed by atoms with Gasteiger partial charge in [0.1, 0.15) is 0 Å². The average Bonchev–Trinajstić information content (AvgIpc) is 3.63. The molecule has 0 fully saturated rings. The van der Waals surface area contributed by atoms with Gasteiger partial charge < -0.3 is 0 Å². The Labute approximate surface area is 324 Å². The first-order valence-corrected chi connectivity index (χ1v) is 36.3. The minimum absolute atomic E-state index is 0.0921. The van der Waals surface area contributed by atoms with Crippen LogP contribution < -0.4 is 0 Å². The van der Waals surface area contributed by atoms with Crippen molar-refractivity contribution < 1.29 is 15.6 Å². The molecule has 4 heteroatoms. The Morgan fingerprint density at radius 1 is 0.481 bits per heavy atom. The Morgan fingerprint density at radius 3 is 1.17 bits per heavy atom. The number of fused-ring (bicyclic) bond motifs is 2. The van der Waals surface area contributed by atoms with Crippen LogP contribution in [0.5, 0.6) is 0 Å². The van der Waals surface area contributed by atoms with E-state index in [-0.39, 0.29) is 7.25 Å². The third-order valence-corrected chi connectivity index (χ3v) is 63.5. The van der Waals surface area contributed by atoms with E-state index < -0.39 is 21.5 Å². The second-order valence-electron chi connectivity index (χ2n) is 18.0. The summed E-state index contributed by atoms with van der Waals surface area (Å²) < 4.78 is 0.184. The van der Waals surface area contributed by atoms with E-state index in [0.29, 0.717) is 23.7 Å². The number of benzene rings is 4. The van der Waals surface area contributed by atoms with Gasteiger partial charge >= 0.3 is 327 Å². The van der Waals surface area contributed by atoms with Crippen LogP contribution in [0, 0.1) is 23.7 Å². The van der Waals surface area contributed by atoms with Crippen LogP contribution in [0.1, 0.15) is 109 Å². The Kier molecular flexibility index (Phi) is 12.0. The van der Waals surface area contributed by atoms with Crippen molar-refractivity contribution in [1.29, 1.82) is 0 Å². The van der Waals surface area contributed by atoms with Gasteiger partial charge in [-0.2, -0.15) is 0 Å². The van der Waals surface area contributed by atoms with Crippen molar-refractivity contribution in [2.75, 3.05) is 0 Å². The maximum absolute atomic E-state index is 8.91. The van der Waals surface area contributed by atoms with Crippen molar-refractivity contribution in [2.45, 2.75) is 101 Å². The molecule has 0 aromatic heterocycles. The molecule has 2 unspecified atom stereocenters. The molecule has 4 aromatic carbocycles. The van der Waals surface area contributed by atoms with Crippen molar-refractivity contribution in [1.82, 2.24) is 0 Å². The molecule has 6 rings (SSSR count). The third-order valence-electron chi connectivity index (χ3n) is 11.7. The maximum atomic E-state index is 8.91. The molecule has 0 heterocycles. The summed E-state index contributed by atoms with van der Waals surface area (Å²) in [7, 11) is 17.8. The second kappa shape index (κ2) is 15.6. The van der Waals surface area contributed by atoms with Gasteiger partial charge in [0.05, 0.1) is 0 Å². The normalized spacial score (nSPS) is 17.9. The van der Waals surface area contributed by atoms with Crippen LogP contribution in [-0.2, 0) is 28.4 Å². The molecule has 0 radical (unpaired) electrons. The first-order chi connectivity index (χ1) is 24.6. The van der Waals surface area contributed by atoms with Gasteiger partial charge in [0, 0.05) is 0 Å². The quantitative estimate of drug-likeness (QED) is 0.118. The molecule has 52 heavy (non-hydrogen) atoms. The summed E-state index contributed by atoms with van der Waals surface area (Å²) in [4.78, 5) is 0. The van der Waals surface area contributed by atoms with Crippen LogP contribution >= 0.6 is 17.0 Å². The average molecular weight is 828 g/mol. The molecule has 0 saturated carbocycles. The predicted octanol–water partition coefficient (Wildman–Crippen LogP) is 15.1. The molecule has 0 nitrogen and oxygen atoms in total. The van der Waals surface area contributed by atoms with Crippen molar-refractivity contribution >= 4 is 35.1 Å². The van der Waals surface area contributed by atoms with E-state index >= 15 is 0 Å². The molecule has 2 aliphatic rings. The number of halogens is 2. The Bertz CT molecular complexity index is 1860. The van der Waals surface area contributed by atoms with Crippen molar-refractivity contribution in [2.24, 2.45) is 23.7 Å². The van der Waals surface area contributed by atoms with Gasteiger partial charge in [-0.15, -0.1) is 0 Å². The second-order valence-corrected chi connectivity index (χ2v) is 60.5. The summed E-state index contributed by atoms with van der Waals surface area (Å²) in [5.74, 6) is 0.490. The van der Waals surface area contributed by atoms with E-state index in [9.17, 15) is 0 Å². The van der Waals surface area contributed by atoms with Crippen LogP contribution in [0.15, 0.2) is 96.1 Å². The summed E-state index contributed by atoms with van der Waals surface area (Å²) in [6.45, 7) is 23.7. The van der Waals surface area contributed by atoms with Gasteiger partial charge in [-0.25, -0.2) is 0 Å². The van der Waals surface area contributed by atoms with Gasteiger partial charge in [-0.1, -0.05) is 0 Å². The molecular weight excluding hydrogens is 767 g/mol. The van der Waals surface area contributed by atoms with Crippen molar-refractivity contribution in [3.8, 4) is 22.3 Å². The fourth-order valence-electron chi connectivity index (χ4n) is 9.63. The van der Waals surface area contributed by atoms with Gasteiger partial charge in [-0.3, -0.25) is 0 Å². The van der Waals surface area contributed by atoms with E-state index in [2.05, 4.69) is 166 Å². The topological polar surface area (TPSA) is 0 Å². The number of rotatable bonds is 13. The molecule has 0 N–H and O–H groups in total. The fourth-order valence-corrected chi connectivity index (χ4v) is 41.0. The molecule has 0 bridgehead atoms. The molecule has 0 aliphatic heterocycles. The van der Waals surface area contributed by atoms with Crippen LogP contribution in [0.2, 0.25) is 13.1 Å². The van der Waals surface area contributed by atoms with E-state index in [1.807, 2.05) is 0 Å². The predicted molar refractivity (Wildman–Crippen MR) is 232 cm³/mol. The Balaban J connectivity index is 1.61. The van der Waals surface area contributed by atoms with E-state index in [0.717, 1.165) is 25.7 Å². The molecule has 275 valence electrons. The summed E-state index contributed by atoms with van der Waals surface area (Å²) in [5, 5.41) is 0. The van der Waals surface area contributed by atoms with Gasteiger partial charge in [0.25, 0.3) is 0 Å². The summed E-state index contributed by atoms with van der Waals surface area (Å²) in [5.41, 5.74) is 16.7. The zero-order valence-corrected chi connectivity index (χ0v) is 38.5. The van der Waals surface area contributed by atoms with E-state index in [4.69, 9.17) is 17.0 Å². The molecule has 0 saturated heterocycles. The van der Waals surface area contributed by atoms with Crippen molar-refractivity contribution in [3.05, 3.63) is 129 Å². The molecule has 2 atom stereocenters. The SMILES string of the molecule is CC(C)CC1=Cc2c(-c3ccccc3CC(C)C)cccc2[CH]1[Zr]([Cl])([Cl])([CH]1C(CC(C)C)=Cc2c(-c3ccccc3CC(C)C)cccc21)[SiH](C)C. The van der Waals surface area contributed by atoms with Crippen LogP contribution in [0.25, 0.3) is 34.4 Å². The van der Waals surface area contributed by atoms with E-state index in [1.54, 1.807) is 0 Å². The molecular formula is C48H61Cl2SiZr. The number of hydrogen-bond donors (Lipinski definition) is 0. The number of allylic oxidation sites excluding steroid dienone is 2. The molecule has 0 spiro atoms. The van der Waals surface area contributed by atoms with Crippen LogP contribution in [-0.4, -0.2) is 5.92 Å². The van der Waals surface area contributed by atoms with Gasteiger partial charge in [0.2, 0.25) is 0 Å². The summed E-state index contributed by atoms with van der Waals surface area (Å²) in [6.07, 6.45) is 9.26. The first kappa shape index (κ1) is 39.7. The van der Waals surface area contributed by atoms with E-state index in [1.165, 1.54) is 66.8 Å². The van der Waals surface area contributed by atoms with Crippen LogP contribution in [0.4, 0.5) is 0 Å². The summed E-state index contributed by atoms with van der Waals surface area (Å²) in [6, 6.07) is 32.2. The fraction of sp³-hybridized carbons (Fsp3) is 0.417. The number of hydrogen-bond acceptors (Lipinski definition) is 0. The van der Waals surface area contributed by atoms with Gasteiger partial charge in [-0.05, 0) is 0 Å². The minimum atomic E-state index is -4.95. The third kappa shape index (κ3) is 7.38. The Hall–Kier alpha value is -1.96. The zero-order valence-electron chi connectivity index (χ0n) is 33.4. The Morgan fingerprint density at radius 2 is 0.827 bits per heavy atom. The molecule has 4 aromatic rings. The zero-order chi connectivity index (χ0) is 37.6. The van der Waals surface area contributed by atoms with Crippen LogP contribution in [0.3, 0.4) is 0 Å². The summed E-state index contributed by atoms with van der Waals surface area (Å²) >= 11 is -4.95. The first-order valence-electron chi connectivity index (χ1n) is 20.0. The molecule has 0 amide bonds. The standard InChI is InChI=1S/2C23H27.C2H7Si.2ClH.Zr/c2*1-16(2)12-18-14-20-9-7-11-22(23(20)15-18)21-10-6-5-8-19(21)13-17(3)4;1-3-2;;;/h2*5-11,14-17H,12-13H2,1-4H3;3H,1-2H3;2*1H;/q;;;;;+2/p-2.